The van der Waals surface area contributed by atoms with E-state index in [0.717, 1.165) is 22.8 Å². The van der Waals surface area contributed by atoms with Gasteiger partial charge in [-0.15, -0.1) is 28.1 Å². The van der Waals surface area contributed by atoms with E-state index in [2.05, 4.69) is 22.1 Å². The number of anilines is 1. The van der Waals surface area contributed by atoms with Crippen molar-refractivity contribution in [2.45, 2.75) is 24.3 Å². The molecule has 1 N–H and O–H groups in total. The fourth-order valence-corrected chi connectivity index (χ4v) is 4.01. The molecule has 2 aromatic heterocycles. The molecule has 152 valence electrons. The molecule has 2 heterocycles. The minimum atomic E-state index is -4.46. The molecule has 0 aliphatic carbocycles. The predicted molar refractivity (Wildman–Crippen MR) is 108 cm³/mol. The number of carbonyl (C=O) groups excluding carboxylic acids is 1. The van der Waals surface area contributed by atoms with Crippen molar-refractivity contribution in [3.8, 4) is 0 Å². The van der Waals surface area contributed by atoms with Crippen molar-refractivity contribution in [3.05, 3.63) is 70.7 Å². The zero-order valence-electron chi connectivity index (χ0n) is 15.1. The Morgan fingerprint density at radius 3 is 2.79 bits per heavy atom. The Kier molecular flexibility index (Phi) is 6.75. The van der Waals surface area contributed by atoms with Crippen molar-refractivity contribution in [1.82, 2.24) is 14.8 Å². The molecular weight excluding hydrogens is 421 g/mol. The molecule has 0 unspecified atom stereocenters. The lowest BCUT2D eigenvalue weighted by atomic mass is 10.2. The zero-order chi connectivity index (χ0) is 20.9. The third kappa shape index (κ3) is 5.70. The lowest BCUT2D eigenvalue weighted by molar-refractivity contribution is -0.137. The molecular formula is C19H17F3N4OS2. The predicted octanol–water partition coefficient (Wildman–Crippen LogP) is 4.87. The number of thiophene rings is 1. The van der Waals surface area contributed by atoms with Gasteiger partial charge in [-0.3, -0.25) is 4.79 Å². The molecule has 0 bridgehead atoms. The maximum Gasteiger partial charge on any atom is 0.416 e. The van der Waals surface area contributed by atoms with E-state index in [1.165, 1.54) is 23.9 Å². The first-order valence-corrected chi connectivity index (χ1v) is 10.4. The number of nitrogens with zero attached hydrogens (tertiary/aromatic N) is 3. The third-order valence-corrected chi connectivity index (χ3v) is 5.67. The number of hydrogen-bond acceptors (Lipinski definition) is 5. The van der Waals surface area contributed by atoms with Crippen LogP contribution in [-0.4, -0.2) is 26.4 Å². The minimum Gasteiger partial charge on any atom is -0.325 e. The number of benzene rings is 1. The first-order valence-electron chi connectivity index (χ1n) is 8.52. The first-order chi connectivity index (χ1) is 13.9. The standard InChI is InChI=1S/C19H17F3N4OS2/c1-2-8-26-16(11-15-7-4-9-28-15)24-25-18(26)29-12-17(27)23-14-6-3-5-13(10-14)19(20,21)22/h2-7,9-10H,1,8,11-12H2,(H,23,27). The smallest absolute Gasteiger partial charge is 0.325 e. The lowest BCUT2D eigenvalue weighted by Gasteiger charge is -2.10. The van der Waals surface area contributed by atoms with Gasteiger partial charge in [0.2, 0.25) is 5.91 Å². The molecule has 5 nitrogen and oxygen atoms in total. The van der Waals surface area contributed by atoms with Crippen LogP contribution in [0.4, 0.5) is 18.9 Å². The summed E-state index contributed by atoms with van der Waals surface area (Å²) in [7, 11) is 0. The van der Waals surface area contributed by atoms with E-state index in [-0.39, 0.29) is 11.4 Å². The Bertz CT molecular complexity index is 984. The monoisotopic (exact) mass is 438 g/mol. The average molecular weight is 439 g/mol. The Morgan fingerprint density at radius 2 is 2.10 bits per heavy atom. The number of aromatic nitrogens is 3. The second-order valence-corrected chi connectivity index (χ2v) is 7.94. The number of halogens is 3. The van der Waals surface area contributed by atoms with E-state index in [4.69, 9.17) is 0 Å². The van der Waals surface area contributed by atoms with Gasteiger partial charge in [-0.25, -0.2) is 0 Å². The fraction of sp³-hybridized carbons (Fsp3) is 0.211. The highest BCUT2D eigenvalue weighted by Crippen LogP contribution is 2.30. The molecule has 0 fully saturated rings. The molecule has 0 saturated carbocycles. The van der Waals surface area contributed by atoms with Gasteiger partial charge in [0.25, 0.3) is 0 Å². The summed E-state index contributed by atoms with van der Waals surface area (Å²) in [5, 5.41) is 13.4. The number of rotatable bonds is 8. The first kappa shape index (κ1) is 21.1. The quantitative estimate of drug-likeness (QED) is 0.403. The molecule has 0 radical (unpaired) electrons. The van der Waals surface area contributed by atoms with Crippen LogP contribution < -0.4 is 5.32 Å². The van der Waals surface area contributed by atoms with Crippen LogP contribution in [0, 0.1) is 0 Å². The molecule has 1 amide bonds. The van der Waals surface area contributed by atoms with Gasteiger partial charge in [0, 0.05) is 23.5 Å². The highest BCUT2D eigenvalue weighted by atomic mass is 32.2. The third-order valence-electron chi connectivity index (χ3n) is 3.82. The number of hydrogen-bond donors (Lipinski definition) is 1. The highest BCUT2D eigenvalue weighted by Gasteiger charge is 2.30. The number of amides is 1. The van der Waals surface area contributed by atoms with Crippen LogP contribution in [0.1, 0.15) is 16.3 Å². The van der Waals surface area contributed by atoms with Crippen molar-refractivity contribution in [2.24, 2.45) is 0 Å². The van der Waals surface area contributed by atoms with Crippen LogP contribution in [-0.2, 0) is 23.9 Å². The minimum absolute atomic E-state index is 0.00940. The molecule has 3 aromatic rings. The van der Waals surface area contributed by atoms with Crippen LogP contribution in [0.3, 0.4) is 0 Å². The second-order valence-electron chi connectivity index (χ2n) is 5.97. The molecule has 0 aliphatic heterocycles. The van der Waals surface area contributed by atoms with E-state index in [1.807, 2.05) is 22.1 Å². The van der Waals surface area contributed by atoms with E-state index in [0.29, 0.717) is 18.1 Å². The van der Waals surface area contributed by atoms with Gasteiger partial charge < -0.3 is 9.88 Å². The molecule has 0 atom stereocenters. The largest absolute Gasteiger partial charge is 0.416 e. The second kappa shape index (κ2) is 9.27. The fourth-order valence-electron chi connectivity index (χ4n) is 2.54. The van der Waals surface area contributed by atoms with Crippen molar-refractivity contribution < 1.29 is 18.0 Å². The summed E-state index contributed by atoms with van der Waals surface area (Å²) >= 11 is 2.79. The summed E-state index contributed by atoms with van der Waals surface area (Å²) in [4.78, 5) is 13.3. The van der Waals surface area contributed by atoms with Crippen molar-refractivity contribution in [2.75, 3.05) is 11.1 Å². The van der Waals surface area contributed by atoms with E-state index >= 15 is 0 Å². The van der Waals surface area contributed by atoms with Gasteiger partial charge >= 0.3 is 6.18 Å². The van der Waals surface area contributed by atoms with Gasteiger partial charge in [0.15, 0.2) is 5.16 Å². The Morgan fingerprint density at radius 1 is 1.28 bits per heavy atom. The van der Waals surface area contributed by atoms with E-state index in [1.54, 1.807) is 17.4 Å². The molecule has 0 aliphatic rings. The maximum atomic E-state index is 12.8. The molecule has 0 saturated heterocycles. The summed E-state index contributed by atoms with van der Waals surface area (Å²) < 4.78 is 40.2. The van der Waals surface area contributed by atoms with Gasteiger partial charge in [0.05, 0.1) is 11.3 Å². The van der Waals surface area contributed by atoms with Gasteiger partial charge in [-0.05, 0) is 29.6 Å². The van der Waals surface area contributed by atoms with Crippen LogP contribution in [0.15, 0.2) is 59.6 Å². The lowest BCUT2D eigenvalue weighted by Crippen LogP contribution is -2.15. The number of alkyl halides is 3. The highest BCUT2D eigenvalue weighted by molar-refractivity contribution is 7.99. The number of allylic oxidation sites excluding steroid dienone is 1. The summed E-state index contributed by atoms with van der Waals surface area (Å²) in [6.07, 6.45) is -2.13. The average Bonchev–Trinajstić information content (AvgIpc) is 3.31. The normalized spacial score (nSPS) is 11.4. The number of thioether (sulfide) groups is 1. The van der Waals surface area contributed by atoms with Gasteiger partial charge in [-0.1, -0.05) is 30.0 Å². The summed E-state index contributed by atoms with van der Waals surface area (Å²) in [5.41, 5.74) is -0.719. The summed E-state index contributed by atoms with van der Waals surface area (Å²) in [6.45, 7) is 4.23. The number of carbonyl (C=O) groups is 1. The van der Waals surface area contributed by atoms with Gasteiger partial charge in [0.1, 0.15) is 5.82 Å². The van der Waals surface area contributed by atoms with Crippen LogP contribution in [0.5, 0.6) is 0 Å². The van der Waals surface area contributed by atoms with E-state index in [9.17, 15) is 18.0 Å². The molecule has 1 aromatic carbocycles. The molecule has 10 heteroatoms. The van der Waals surface area contributed by atoms with Crippen LogP contribution in [0.25, 0.3) is 0 Å². The number of nitrogens with one attached hydrogen (secondary N) is 1. The van der Waals surface area contributed by atoms with Crippen molar-refractivity contribution in [3.63, 3.8) is 0 Å². The SMILES string of the molecule is C=CCn1c(Cc2cccs2)nnc1SCC(=O)Nc1cccc(C(F)(F)F)c1. The Labute approximate surface area is 173 Å². The van der Waals surface area contributed by atoms with E-state index < -0.39 is 17.6 Å². The summed E-state index contributed by atoms with van der Waals surface area (Å²) in [6, 6.07) is 8.49. The van der Waals surface area contributed by atoms with Gasteiger partial charge in [-0.2, -0.15) is 13.2 Å². The van der Waals surface area contributed by atoms with Crippen LogP contribution >= 0.6 is 23.1 Å². The Hall–Kier alpha value is -2.59. The molecule has 29 heavy (non-hydrogen) atoms. The zero-order valence-corrected chi connectivity index (χ0v) is 16.8. The summed E-state index contributed by atoms with van der Waals surface area (Å²) in [5.74, 6) is 0.320. The van der Waals surface area contributed by atoms with Crippen molar-refractivity contribution in [1.29, 1.82) is 0 Å². The molecule has 0 spiro atoms. The molecule has 3 rings (SSSR count). The maximum absolute atomic E-state index is 12.8. The Balaban J connectivity index is 1.64. The van der Waals surface area contributed by atoms with Crippen LogP contribution in [0.2, 0.25) is 0 Å². The topological polar surface area (TPSA) is 59.8 Å². The van der Waals surface area contributed by atoms with Crippen molar-refractivity contribution >= 4 is 34.7 Å².